The van der Waals surface area contributed by atoms with Crippen molar-refractivity contribution in [2.45, 2.75) is 72.3 Å². The Morgan fingerprint density at radius 3 is 2.13 bits per heavy atom. The van der Waals surface area contributed by atoms with Crippen molar-refractivity contribution >= 4 is 20.5 Å². The van der Waals surface area contributed by atoms with Crippen molar-refractivity contribution in [2.24, 2.45) is 11.3 Å². The summed E-state index contributed by atoms with van der Waals surface area (Å²) in [6.07, 6.45) is 4.32. The van der Waals surface area contributed by atoms with Gasteiger partial charge < -0.3 is 23.5 Å². The highest BCUT2D eigenvalue weighted by molar-refractivity contribution is 6.60. The van der Waals surface area contributed by atoms with E-state index in [-0.39, 0.29) is 17.6 Å². The predicted octanol–water partition coefficient (Wildman–Crippen LogP) is 3.50. The van der Waals surface area contributed by atoms with Gasteiger partial charge in [-0.2, -0.15) is 0 Å². The van der Waals surface area contributed by atoms with Crippen molar-refractivity contribution in [3.8, 4) is 0 Å². The third-order valence-corrected chi connectivity index (χ3v) is 8.83. The van der Waals surface area contributed by atoms with Crippen LogP contribution in [0, 0.1) is 11.3 Å². The lowest BCUT2D eigenvalue weighted by atomic mass is 9.76. The molecule has 0 aliphatic heterocycles. The van der Waals surface area contributed by atoms with Crippen LogP contribution in [0.2, 0.25) is 6.04 Å². The molecule has 0 aliphatic rings. The third-order valence-electron chi connectivity index (χ3n) is 6.00. The first-order valence-electron chi connectivity index (χ1n) is 11.3. The Labute approximate surface area is 185 Å². The minimum Gasteiger partial charge on any atom is -0.377 e. The summed E-state index contributed by atoms with van der Waals surface area (Å²) >= 11 is 0. The number of rotatable bonds is 18. The van der Waals surface area contributed by atoms with Gasteiger partial charge in [-0.3, -0.25) is 9.59 Å². The molecular weight excluding hydrogens is 400 g/mol. The molecule has 0 radical (unpaired) electrons. The van der Waals surface area contributed by atoms with E-state index < -0.39 is 14.2 Å². The van der Waals surface area contributed by atoms with E-state index in [0.29, 0.717) is 25.4 Å². The van der Waals surface area contributed by atoms with Crippen LogP contribution in [0.15, 0.2) is 0 Å². The second kappa shape index (κ2) is 15.1. The van der Waals surface area contributed by atoms with Crippen LogP contribution in [0.5, 0.6) is 0 Å². The SMILES string of the molecule is CCC(CC(C)(C)C(=O)CCCC[Si](OC)(OC)OC)C(=O)NCCCN(C)CC. The predicted molar refractivity (Wildman–Crippen MR) is 123 cm³/mol. The summed E-state index contributed by atoms with van der Waals surface area (Å²) in [6.45, 7) is 10.7. The lowest BCUT2D eigenvalue weighted by molar-refractivity contribution is -0.131. The number of amides is 1. The van der Waals surface area contributed by atoms with Gasteiger partial charge in [-0.25, -0.2) is 0 Å². The molecule has 30 heavy (non-hydrogen) atoms. The number of hydrogen-bond donors (Lipinski definition) is 1. The summed E-state index contributed by atoms with van der Waals surface area (Å²) in [4.78, 5) is 27.6. The van der Waals surface area contributed by atoms with Crippen LogP contribution in [0.1, 0.15) is 66.2 Å². The Kier molecular flexibility index (Phi) is 14.7. The molecule has 0 heterocycles. The first-order chi connectivity index (χ1) is 14.1. The van der Waals surface area contributed by atoms with Crippen molar-refractivity contribution in [3.05, 3.63) is 0 Å². The number of ketones is 1. The first kappa shape index (κ1) is 29.2. The average molecular weight is 447 g/mol. The summed E-state index contributed by atoms with van der Waals surface area (Å²) < 4.78 is 16.3. The molecule has 7 nitrogen and oxygen atoms in total. The smallest absolute Gasteiger partial charge is 0.377 e. The summed E-state index contributed by atoms with van der Waals surface area (Å²) in [5, 5.41) is 3.05. The van der Waals surface area contributed by atoms with Crippen molar-refractivity contribution in [3.63, 3.8) is 0 Å². The van der Waals surface area contributed by atoms with Gasteiger partial charge in [0, 0.05) is 51.7 Å². The molecule has 1 unspecified atom stereocenters. The maximum absolute atomic E-state index is 12.8. The monoisotopic (exact) mass is 446 g/mol. The number of nitrogens with zero attached hydrogens (tertiary/aromatic N) is 1. The van der Waals surface area contributed by atoms with Gasteiger partial charge in [0.2, 0.25) is 5.91 Å². The van der Waals surface area contributed by atoms with Gasteiger partial charge in [0.05, 0.1) is 0 Å². The van der Waals surface area contributed by atoms with Gasteiger partial charge in [0.15, 0.2) is 0 Å². The molecule has 0 saturated heterocycles. The van der Waals surface area contributed by atoms with Gasteiger partial charge in [-0.15, -0.1) is 0 Å². The molecule has 178 valence electrons. The molecule has 0 spiro atoms. The minimum atomic E-state index is -2.58. The minimum absolute atomic E-state index is 0.0635. The fraction of sp³-hybridized carbons (Fsp3) is 0.909. The molecule has 0 rings (SSSR count). The highest BCUT2D eigenvalue weighted by Crippen LogP contribution is 2.30. The van der Waals surface area contributed by atoms with Crippen molar-refractivity contribution in [1.82, 2.24) is 10.2 Å². The van der Waals surface area contributed by atoms with E-state index in [1.165, 1.54) is 0 Å². The van der Waals surface area contributed by atoms with Crippen molar-refractivity contribution in [2.75, 3.05) is 48.0 Å². The van der Waals surface area contributed by atoms with Crippen LogP contribution < -0.4 is 5.32 Å². The quantitative estimate of drug-likeness (QED) is 0.256. The maximum Gasteiger partial charge on any atom is 0.500 e. The summed E-state index contributed by atoms with van der Waals surface area (Å²) in [5.74, 6) is 0.134. The molecule has 8 heteroatoms. The molecule has 0 aromatic heterocycles. The van der Waals surface area contributed by atoms with E-state index in [0.717, 1.165) is 38.8 Å². The number of hydrogen-bond acceptors (Lipinski definition) is 6. The van der Waals surface area contributed by atoms with Gasteiger partial charge in [0.1, 0.15) is 5.78 Å². The van der Waals surface area contributed by atoms with Crippen LogP contribution in [0.4, 0.5) is 0 Å². The molecule has 0 aromatic rings. The van der Waals surface area contributed by atoms with Crippen LogP contribution in [0.25, 0.3) is 0 Å². The highest BCUT2D eigenvalue weighted by atomic mass is 28.4. The van der Waals surface area contributed by atoms with Crippen LogP contribution in [0.3, 0.4) is 0 Å². The lowest BCUT2D eigenvalue weighted by Gasteiger charge is -2.28. The second-order valence-corrected chi connectivity index (χ2v) is 11.8. The van der Waals surface area contributed by atoms with Crippen LogP contribution >= 0.6 is 0 Å². The lowest BCUT2D eigenvalue weighted by Crippen LogP contribution is -2.42. The fourth-order valence-electron chi connectivity index (χ4n) is 3.54. The zero-order valence-corrected chi connectivity index (χ0v) is 21.6. The number of unbranched alkanes of at least 4 members (excludes halogenated alkanes) is 1. The van der Waals surface area contributed by atoms with E-state index in [1.807, 2.05) is 20.8 Å². The largest absolute Gasteiger partial charge is 0.500 e. The molecule has 1 N–H and O–H groups in total. The average Bonchev–Trinajstić information content (AvgIpc) is 2.75. The molecule has 0 bridgehead atoms. The summed E-state index contributed by atoms with van der Waals surface area (Å²) in [6, 6.07) is 0.692. The Morgan fingerprint density at radius 2 is 1.63 bits per heavy atom. The van der Waals surface area contributed by atoms with Gasteiger partial charge in [-0.1, -0.05) is 27.7 Å². The normalized spacial score (nSPS) is 13.5. The van der Waals surface area contributed by atoms with Gasteiger partial charge in [0.25, 0.3) is 0 Å². The highest BCUT2D eigenvalue weighted by Gasteiger charge is 2.37. The molecule has 0 aliphatic carbocycles. The van der Waals surface area contributed by atoms with E-state index in [4.69, 9.17) is 13.3 Å². The Balaban J connectivity index is 4.48. The second-order valence-electron chi connectivity index (χ2n) is 8.66. The molecule has 0 saturated carbocycles. The Morgan fingerprint density at radius 1 is 1.03 bits per heavy atom. The zero-order valence-electron chi connectivity index (χ0n) is 20.6. The zero-order chi connectivity index (χ0) is 23.2. The van der Waals surface area contributed by atoms with Crippen molar-refractivity contribution in [1.29, 1.82) is 0 Å². The number of carbonyl (C=O) groups excluding carboxylic acids is 2. The fourth-order valence-corrected chi connectivity index (χ4v) is 5.33. The summed E-state index contributed by atoms with van der Waals surface area (Å²) in [7, 11) is 4.31. The number of Topliss-reactive ketones (excluding diaryl/α,β-unsaturated/α-hetero) is 1. The molecular formula is C22H46N2O5Si. The van der Waals surface area contributed by atoms with Crippen LogP contribution in [-0.4, -0.2) is 73.4 Å². The molecule has 1 amide bonds. The van der Waals surface area contributed by atoms with E-state index >= 15 is 0 Å². The van der Waals surface area contributed by atoms with Gasteiger partial charge >= 0.3 is 8.80 Å². The van der Waals surface area contributed by atoms with E-state index in [1.54, 1.807) is 21.3 Å². The van der Waals surface area contributed by atoms with Crippen LogP contribution in [-0.2, 0) is 22.9 Å². The molecule has 1 atom stereocenters. The molecule has 0 aromatic carbocycles. The standard InChI is InChI=1S/C22H46N2O5Si/c1-9-19(21(26)23-15-13-16-24(5)10-2)18-22(3,4)20(25)14-11-12-17-30(27-6,28-7)29-8/h19H,9-18H2,1-8H3,(H,23,26). The third kappa shape index (κ3) is 10.5. The summed E-state index contributed by atoms with van der Waals surface area (Å²) in [5.41, 5.74) is -0.515. The number of carbonyl (C=O) groups is 2. The van der Waals surface area contributed by atoms with E-state index in [2.05, 4.69) is 24.2 Å². The first-order valence-corrected chi connectivity index (χ1v) is 13.2. The number of nitrogens with one attached hydrogen (secondary N) is 1. The van der Waals surface area contributed by atoms with E-state index in [9.17, 15) is 9.59 Å². The Bertz CT molecular complexity index is 490. The maximum atomic E-state index is 12.8. The van der Waals surface area contributed by atoms with Crippen molar-refractivity contribution < 1.29 is 22.9 Å². The molecule has 0 fully saturated rings. The topological polar surface area (TPSA) is 77.1 Å². The Hall–Kier alpha value is -0.803. The van der Waals surface area contributed by atoms with Gasteiger partial charge in [-0.05, 0) is 52.2 Å².